The van der Waals surface area contributed by atoms with Crippen LogP contribution in [0, 0.1) is 25.5 Å². The van der Waals surface area contributed by atoms with E-state index >= 15 is 0 Å². The Morgan fingerprint density at radius 2 is 1.83 bits per heavy atom. The van der Waals surface area contributed by atoms with Crippen molar-refractivity contribution in [1.29, 1.82) is 0 Å². The quantitative estimate of drug-likeness (QED) is 0.659. The highest BCUT2D eigenvalue weighted by atomic mass is 35.5. The number of amides is 2. The van der Waals surface area contributed by atoms with Gasteiger partial charge in [0, 0.05) is 16.8 Å². The van der Waals surface area contributed by atoms with Gasteiger partial charge >= 0.3 is 0 Å². The zero-order chi connectivity index (χ0) is 21.1. The summed E-state index contributed by atoms with van der Waals surface area (Å²) in [5, 5.41) is 13.0. The van der Waals surface area contributed by atoms with Gasteiger partial charge in [-0.1, -0.05) is 22.9 Å². The molecule has 0 aliphatic heterocycles. The summed E-state index contributed by atoms with van der Waals surface area (Å²) >= 11 is 5.95. The van der Waals surface area contributed by atoms with Crippen LogP contribution in [0.2, 0.25) is 5.02 Å². The van der Waals surface area contributed by atoms with E-state index in [9.17, 15) is 18.4 Å². The van der Waals surface area contributed by atoms with Gasteiger partial charge in [0.2, 0.25) is 5.91 Å². The zero-order valence-electron chi connectivity index (χ0n) is 15.5. The van der Waals surface area contributed by atoms with Gasteiger partial charge in [-0.2, -0.15) is 0 Å². The molecule has 0 bridgehead atoms. The number of benzene rings is 2. The Bertz CT molecular complexity index is 1100. The average Bonchev–Trinajstić information content (AvgIpc) is 3.01. The molecule has 3 aromatic rings. The van der Waals surface area contributed by atoms with Crippen LogP contribution >= 0.6 is 11.6 Å². The van der Waals surface area contributed by atoms with E-state index in [4.69, 9.17) is 11.6 Å². The van der Waals surface area contributed by atoms with Gasteiger partial charge in [-0.15, -0.1) is 5.10 Å². The van der Waals surface area contributed by atoms with Crippen molar-refractivity contribution in [3.63, 3.8) is 0 Å². The Morgan fingerprint density at radius 1 is 1.07 bits per heavy atom. The van der Waals surface area contributed by atoms with E-state index < -0.39 is 23.4 Å². The molecule has 2 amide bonds. The van der Waals surface area contributed by atoms with Gasteiger partial charge in [0.1, 0.15) is 18.2 Å². The van der Waals surface area contributed by atoms with Gasteiger partial charge in [0.15, 0.2) is 5.69 Å². The van der Waals surface area contributed by atoms with Crippen LogP contribution in [0.5, 0.6) is 0 Å². The maximum absolute atomic E-state index is 13.6. The molecule has 7 nitrogen and oxygen atoms in total. The van der Waals surface area contributed by atoms with E-state index in [2.05, 4.69) is 20.9 Å². The van der Waals surface area contributed by atoms with E-state index in [0.717, 1.165) is 23.8 Å². The number of nitrogens with zero attached hydrogens (tertiary/aromatic N) is 3. The monoisotopic (exact) mass is 419 g/mol. The number of nitrogens with one attached hydrogen (secondary N) is 2. The lowest BCUT2D eigenvalue weighted by Gasteiger charge is -2.09. The molecule has 3 rings (SSSR count). The van der Waals surface area contributed by atoms with Gasteiger partial charge in [-0.05, 0) is 43.7 Å². The number of carbonyl (C=O) groups excluding carboxylic acids is 2. The molecule has 0 aliphatic rings. The van der Waals surface area contributed by atoms with Gasteiger partial charge < -0.3 is 10.6 Å². The molecule has 0 aliphatic carbocycles. The lowest BCUT2D eigenvalue weighted by Crippen LogP contribution is -2.21. The first-order chi connectivity index (χ1) is 13.7. The fourth-order valence-corrected chi connectivity index (χ4v) is 2.72. The van der Waals surface area contributed by atoms with E-state index in [0.29, 0.717) is 16.4 Å². The number of aromatic nitrogens is 3. The predicted octanol–water partition coefficient (Wildman–Crippen LogP) is 3.72. The summed E-state index contributed by atoms with van der Waals surface area (Å²) in [4.78, 5) is 24.7. The maximum atomic E-state index is 13.6. The third-order valence-corrected chi connectivity index (χ3v) is 4.38. The predicted molar refractivity (Wildman–Crippen MR) is 104 cm³/mol. The molecule has 0 spiro atoms. The maximum Gasteiger partial charge on any atom is 0.278 e. The molecule has 150 valence electrons. The second-order valence-corrected chi connectivity index (χ2v) is 6.70. The number of hydrogen-bond donors (Lipinski definition) is 2. The Kier molecular flexibility index (Phi) is 5.88. The Balaban J connectivity index is 1.71. The Hall–Kier alpha value is -3.33. The van der Waals surface area contributed by atoms with Crippen LogP contribution in [-0.2, 0) is 11.3 Å². The van der Waals surface area contributed by atoms with Gasteiger partial charge in [0.05, 0.1) is 11.4 Å². The van der Waals surface area contributed by atoms with Crippen LogP contribution in [0.25, 0.3) is 0 Å². The summed E-state index contributed by atoms with van der Waals surface area (Å²) in [6, 6.07) is 7.79. The molecule has 1 heterocycles. The van der Waals surface area contributed by atoms with Crippen LogP contribution in [0.3, 0.4) is 0 Å². The summed E-state index contributed by atoms with van der Waals surface area (Å²) in [6.45, 7) is 3.04. The highest BCUT2D eigenvalue weighted by Gasteiger charge is 2.19. The van der Waals surface area contributed by atoms with Crippen molar-refractivity contribution in [2.45, 2.75) is 20.4 Å². The van der Waals surface area contributed by atoms with Crippen molar-refractivity contribution in [1.82, 2.24) is 15.0 Å². The molecule has 2 aromatic carbocycles. The molecule has 0 saturated heterocycles. The van der Waals surface area contributed by atoms with Crippen LogP contribution in [-0.4, -0.2) is 26.8 Å². The summed E-state index contributed by atoms with van der Waals surface area (Å²) in [5.41, 5.74) is 1.40. The van der Waals surface area contributed by atoms with Crippen molar-refractivity contribution in [2.24, 2.45) is 0 Å². The Morgan fingerprint density at radius 3 is 2.59 bits per heavy atom. The first kappa shape index (κ1) is 20.4. The van der Waals surface area contributed by atoms with Crippen molar-refractivity contribution in [3.05, 3.63) is 70.0 Å². The number of anilines is 2. The summed E-state index contributed by atoms with van der Waals surface area (Å²) in [7, 11) is 0. The van der Waals surface area contributed by atoms with Gasteiger partial charge in [0.25, 0.3) is 5.91 Å². The Labute approximate surface area is 169 Å². The summed E-state index contributed by atoms with van der Waals surface area (Å²) in [6.07, 6.45) is 0. The standard InChI is InChI=1S/C19H16ClF2N5O2/c1-10-3-4-12(20)7-15(10)24-19(29)18-11(2)27(26-25-18)9-17(28)23-16-8-13(21)5-6-14(16)22/h3-8H,9H2,1-2H3,(H,23,28)(H,24,29). The number of halogens is 3. The molecule has 0 fully saturated rings. The summed E-state index contributed by atoms with van der Waals surface area (Å²) < 4.78 is 28.0. The fourth-order valence-electron chi connectivity index (χ4n) is 2.55. The van der Waals surface area contributed by atoms with Crippen LogP contribution in [0.15, 0.2) is 36.4 Å². The number of hydrogen-bond acceptors (Lipinski definition) is 4. The third-order valence-electron chi connectivity index (χ3n) is 4.14. The van der Waals surface area contributed by atoms with Crippen molar-refractivity contribution < 1.29 is 18.4 Å². The molecule has 10 heteroatoms. The largest absolute Gasteiger partial charge is 0.322 e. The minimum atomic E-state index is -0.771. The smallest absolute Gasteiger partial charge is 0.278 e. The first-order valence-electron chi connectivity index (χ1n) is 8.47. The first-order valence-corrected chi connectivity index (χ1v) is 8.85. The molecule has 0 radical (unpaired) electrons. The molecule has 0 unspecified atom stereocenters. The highest BCUT2D eigenvalue weighted by molar-refractivity contribution is 6.31. The summed E-state index contributed by atoms with van der Waals surface area (Å²) in [5.74, 6) is -2.63. The highest BCUT2D eigenvalue weighted by Crippen LogP contribution is 2.21. The third kappa shape index (κ3) is 4.75. The molecule has 0 atom stereocenters. The van der Waals surface area contributed by atoms with Gasteiger partial charge in [-0.3, -0.25) is 9.59 Å². The second-order valence-electron chi connectivity index (χ2n) is 6.27. The van der Waals surface area contributed by atoms with Gasteiger partial charge in [-0.25, -0.2) is 13.5 Å². The van der Waals surface area contributed by atoms with Crippen LogP contribution in [0.1, 0.15) is 21.7 Å². The number of rotatable bonds is 5. The molecule has 0 saturated carbocycles. The van der Waals surface area contributed by atoms with Crippen LogP contribution < -0.4 is 10.6 Å². The van der Waals surface area contributed by atoms with E-state index in [1.54, 1.807) is 25.1 Å². The van der Waals surface area contributed by atoms with E-state index in [-0.39, 0.29) is 17.9 Å². The van der Waals surface area contributed by atoms with Crippen molar-refractivity contribution in [3.8, 4) is 0 Å². The minimum Gasteiger partial charge on any atom is -0.322 e. The minimum absolute atomic E-state index is 0.0223. The molecule has 1 aromatic heterocycles. The average molecular weight is 420 g/mol. The fraction of sp³-hybridized carbons (Fsp3) is 0.158. The topological polar surface area (TPSA) is 88.9 Å². The normalized spacial score (nSPS) is 10.7. The second kappa shape index (κ2) is 8.36. The van der Waals surface area contributed by atoms with Crippen LogP contribution in [0.4, 0.5) is 20.2 Å². The van der Waals surface area contributed by atoms with Crippen molar-refractivity contribution in [2.75, 3.05) is 10.6 Å². The zero-order valence-corrected chi connectivity index (χ0v) is 16.2. The number of aryl methyl sites for hydroxylation is 1. The van der Waals surface area contributed by atoms with E-state index in [1.807, 2.05) is 6.92 Å². The van der Waals surface area contributed by atoms with E-state index in [1.165, 1.54) is 4.68 Å². The molecular formula is C19H16ClF2N5O2. The van der Waals surface area contributed by atoms with Crippen molar-refractivity contribution >= 4 is 34.8 Å². The molecule has 2 N–H and O–H groups in total. The lowest BCUT2D eigenvalue weighted by molar-refractivity contribution is -0.117. The number of carbonyl (C=O) groups is 2. The SMILES string of the molecule is Cc1ccc(Cl)cc1NC(=O)c1nnn(CC(=O)Nc2cc(F)ccc2F)c1C. The lowest BCUT2D eigenvalue weighted by atomic mass is 10.2. The molecule has 29 heavy (non-hydrogen) atoms. The molecular weight excluding hydrogens is 404 g/mol.